The molecule has 3 aromatic rings. The van der Waals surface area contributed by atoms with E-state index in [-0.39, 0.29) is 12.3 Å². The highest BCUT2D eigenvalue weighted by molar-refractivity contribution is 5.92. The molecule has 2 aromatic heterocycles. The van der Waals surface area contributed by atoms with Gasteiger partial charge >= 0.3 is 0 Å². The lowest BCUT2D eigenvalue weighted by molar-refractivity contribution is -0.115. The maximum atomic E-state index is 12.1. The van der Waals surface area contributed by atoms with E-state index in [0.29, 0.717) is 23.3 Å². The van der Waals surface area contributed by atoms with E-state index in [1.807, 2.05) is 12.1 Å². The minimum atomic E-state index is -0.159. The van der Waals surface area contributed by atoms with Gasteiger partial charge in [0.25, 0.3) is 0 Å². The maximum absolute atomic E-state index is 12.1. The van der Waals surface area contributed by atoms with E-state index in [0.717, 1.165) is 24.2 Å². The smallest absolute Gasteiger partial charge is 0.232 e. The van der Waals surface area contributed by atoms with Crippen LogP contribution in [0.4, 0.5) is 5.69 Å². The predicted octanol–water partition coefficient (Wildman–Crippen LogP) is 1.04. The Kier molecular flexibility index (Phi) is 3.30. The van der Waals surface area contributed by atoms with E-state index in [1.54, 1.807) is 12.1 Å². The van der Waals surface area contributed by atoms with E-state index in [4.69, 9.17) is 0 Å². The molecule has 4 rings (SSSR count). The van der Waals surface area contributed by atoms with Gasteiger partial charge in [0.1, 0.15) is 5.82 Å². The number of benzene rings is 1. The Balaban J connectivity index is 1.42. The number of carbonyl (C=O) groups is 1. The number of H-pyrrole nitrogens is 2. The van der Waals surface area contributed by atoms with Crippen LogP contribution in [0, 0.1) is 0 Å². The van der Waals surface area contributed by atoms with Crippen molar-refractivity contribution < 1.29 is 4.79 Å². The van der Waals surface area contributed by atoms with Crippen LogP contribution < -0.4 is 5.32 Å². The second kappa shape index (κ2) is 5.59. The Morgan fingerprint density at radius 1 is 1.30 bits per heavy atom. The number of hydrogen-bond acceptors (Lipinski definition) is 6. The molecule has 1 saturated carbocycles. The van der Waals surface area contributed by atoms with Crippen LogP contribution in [-0.2, 0) is 11.2 Å². The SMILES string of the molecule is O=C(Cc1nc(C2CC2)n[nH]1)Nc1cccc(-c2nn[nH]n2)c1. The number of aromatic nitrogens is 7. The number of tetrazole rings is 1. The summed E-state index contributed by atoms with van der Waals surface area (Å²) in [5, 5.41) is 23.6. The van der Waals surface area contributed by atoms with E-state index in [9.17, 15) is 4.79 Å². The zero-order valence-electron chi connectivity index (χ0n) is 12.2. The molecule has 1 aromatic carbocycles. The molecule has 9 heteroatoms. The summed E-state index contributed by atoms with van der Waals surface area (Å²) in [5.41, 5.74) is 1.44. The van der Waals surface area contributed by atoms with Crippen LogP contribution in [0.5, 0.6) is 0 Å². The van der Waals surface area contributed by atoms with Crippen molar-refractivity contribution in [2.75, 3.05) is 5.32 Å². The first-order chi connectivity index (χ1) is 11.3. The van der Waals surface area contributed by atoms with Gasteiger partial charge in [0.15, 0.2) is 5.82 Å². The third-order valence-corrected chi connectivity index (χ3v) is 3.57. The van der Waals surface area contributed by atoms with Crippen molar-refractivity contribution in [3.63, 3.8) is 0 Å². The van der Waals surface area contributed by atoms with E-state index in [2.05, 4.69) is 41.1 Å². The number of anilines is 1. The summed E-state index contributed by atoms with van der Waals surface area (Å²) in [6, 6.07) is 7.26. The van der Waals surface area contributed by atoms with Gasteiger partial charge < -0.3 is 5.32 Å². The fraction of sp³-hybridized carbons (Fsp3) is 0.286. The molecule has 1 aliphatic carbocycles. The molecule has 0 atom stereocenters. The minimum absolute atomic E-state index is 0.159. The molecule has 0 unspecified atom stereocenters. The molecule has 0 saturated heterocycles. The number of rotatable bonds is 5. The maximum Gasteiger partial charge on any atom is 0.232 e. The first kappa shape index (κ1) is 13.6. The van der Waals surface area contributed by atoms with Crippen molar-refractivity contribution in [2.24, 2.45) is 0 Å². The summed E-state index contributed by atoms with van der Waals surface area (Å²) < 4.78 is 0. The lowest BCUT2D eigenvalue weighted by Gasteiger charge is -2.05. The van der Waals surface area contributed by atoms with Gasteiger partial charge in [0.2, 0.25) is 11.7 Å². The number of amides is 1. The first-order valence-electron chi connectivity index (χ1n) is 7.33. The average molecular weight is 310 g/mol. The molecule has 2 heterocycles. The second-order valence-corrected chi connectivity index (χ2v) is 5.46. The van der Waals surface area contributed by atoms with Gasteiger partial charge in [-0.1, -0.05) is 12.1 Å². The Morgan fingerprint density at radius 2 is 2.22 bits per heavy atom. The lowest BCUT2D eigenvalue weighted by Crippen LogP contribution is -2.15. The van der Waals surface area contributed by atoms with Gasteiger partial charge in [0, 0.05) is 17.2 Å². The van der Waals surface area contributed by atoms with Gasteiger partial charge in [-0.2, -0.15) is 10.3 Å². The molecule has 0 aliphatic heterocycles. The molecule has 1 amide bonds. The van der Waals surface area contributed by atoms with E-state index < -0.39 is 0 Å². The topological polar surface area (TPSA) is 125 Å². The van der Waals surface area contributed by atoms with Gasteiger partial charge in [-0.15, -0.1) is 10.2 Å². The van der Waals surface area contributed by atoms with Crippen LogP contribution in [-0.4, -0.2) is 41.7 Å². The number of carbonyl (C=O) groups excluding carboxylic acids is 1. The zero-order chi connectivity index (χ0) is 15.6. The van der Waals surface area contributed by atoms with Crippen molar-refractivity contribution >= 4 is 11.6 Å². The third kappa shape index (κ3) is 3.07. The Bertz CT molecular complexity index is 821. The molecular weight excluding hydrogens is 296 g/mol. The zero-order valence-corrected chi connectivity index (χ0v) is 12.2. The summed E-state index contributed by atoms with van der Waals surface area (Å²) in [6.07, 6.45) is 2.42. The molecule has 23 heavy (non-hydrogen) atoms. The van der Waals surface area contributed by atoms with E-state index in [1.165, 1.54) is 0 Å². The molecule has 1 aliphatic rings. The number of nitrogens with zero attached hydrogens (tertiary/aromatic N) is 5. The average Bonchev–Trinajstić information content (AvgIpc) is 3.07. The lowest BCUT2D eigenvalue weighted by atomic mass is 10.2. The summed E-state index contributed by atoms with van der Waals surface area (Å²) >= 11 is 0. The largest absolute Gasteiger partial charge is 0.326 e. The third-order valence-electron chi connectivity index (χ3n) is 3.57. The van der Waals surface area contributed by atoms with Crippen LogP contribution in [0.2, 0.25) is 0 Å². The molecule has 1 fully saturated rings. The molecule has 0 spiro atoms. The predicted molar refractivity (Wildman–Crippen MR) is 80.3 cm³/mol. The number of aromatic amines is 2. The van der Waals surface area contributed by atoms with Gasteiger partial charge in [-0.25, -0.2) is 4.98 Å². The van der Waals surface area contributed by atoms with Crippen LogP contribution >= 0.6 is 0 Å². The Hall–Kier alpha value is -3.10. The van der Waals surface area contributed by atoms with Crippen LogP contribution in [0.15, 0.2) is 24.3 Å². The van der Waals surface area contributed by atoms with Crippen molar-refractivity contribution in [3.8, 4) is 11.4 Å². The minimum Gasteiger partial charge on any atom is -0.326 e. The fourth-order valence-electron chi connectivity index (χ4n) is 2.29. The highest BCUT2D eigenvalue weighted by atomic mass is 16.1. The summed E-state index contributed by atoms with van der Waals surface area (Å²) in [4.78, 5) is 16.5. The van der Waals surface area contributed by atoms with Gasteiger partial charge in [0.05, 0.1) is 6.42 Å². The molecule has 3 N–H and O–H groups in total. The van der Waals surface area contributed by atoms with E-state index >= 15 is 0 Å². The molecule has 9 nitrogen and oxygen atoms in total. The van der Waals surface area contributed by atoms with Gasteiger partial charge in [-0.05, 0) is 30.2 Å². The van der Waals surface area contributed by atoms with Crippen LogP contribution in [0.3, 0.4) is 0 Å². The summed E-state index contributed by atoms with van der Waals surface area (Å²) in [7, 11) is 0. The quantitative estimate of drug-likeness (QED) is 0.646. The van der Waals surface area contributed by atoms with Crippen molar-refractivity contribution in [1.82, 2.24) is 35.8 Å². The van der Waals surface area contributed by atoms with Crippen molar-refractivity contribution in [1.29, 1.82) is 0 Å². The summed E-state index contributed by atoms with van der Waals surface area (Å²) in [5.74, 6) is 2.18. The van der Waals surface area contributed by atoms with Crippen molar-refractivity contribution in [3.05, 3.63) is 35.9 Å². The van der Waals surface area contributed by atoms with Gasteiger partial charge in [-0.3, -0.25) is 9.89 Å². The first-order valence-corrected chi connectivity index (χ1v) is 7.33. The second-order valence-electron chi connectivity index (χ2n) is 5.46. The van der Waals surface area contributed by atoms with Crippen LogP contribution in [0.1, 0.15) is 30.4 Å². The molecule has 0 bridgehead atoms. The standard InChI is InChI=1S/C14H14N8O/c23-12(7-11-16-13(18-17-11)8-4-5-8)15-10-3-1-2-9(6-10)14-19-21-22-20-14/h1-3,6,8H,4-5,7H2,(H,15,23)(H,16,17,18)(H,19,20,21,22). The van der Waals surface area contributed by atoms with Crippen LogP contribution in [0.25, 0.3) is 11.4 Å². The number of nitrogens with one attached hydrogen (secondary N) is 3. The Morgan fingerprint density at radius 3 is 3.00 bits per heavy atom. The Labute approximate surface area is 130 Å². The van der Waals surface area contributed by atoms with Crippen molar-refractivity contribution in [2.45, 2.75) is 25.2 Å². The monoisotopic (exact) mass is 310 g/mol. The fourth-order valence-corrected chi connectivity index (χ4v) is 2.29. The molecular formula is C14H14N8O. The molecule has 0 radical (unpaired) electrons. The normalized spacial score (nSPS) is 13.9. The highest BCUT2D eigenvalue weighted by Crippen LogP contribution is 2.37. The highest BCUT2D eigenvalue weighted by Gasteiger charge is 2.27. The molecule has 116 valence electrons. The number of hydrogen-bond donors (Lipinski definition) is 3. The summed E-state index contributed by atoms with van der Waals surface area (Å²) in [6.45, 7) is 0.